The fourth-order valence-corrected chi connectivity index (χ4v) is 4.31. The number of nitrogens with one attached hydrogen (secondary N) is 1. The lowest BCUT2D eigenvalue weighted by atomic mass is 9.91. The van der Waals surface area contributed by atoms with Crippen LogP contribution in [0.2, 0.25) is 0 Å². The van der Waals surface area contributed by atoms with Gasteiger partial charge >= 0.3 is 0 Å². The van der Waals surface area contributed by atoms with Crippen molar-refractivity contribution in [3.05, 3.63) is 89.8 Å². The summed E-state index contributed by atoms with van der Waals surface area (Å²) in [6.45, 7) is 0.708. The summed E-state index contributed by atoms with van der Waals surface area (Å²) in [7, 11) is 2.13. The van der Waals surface area contributed by atoms with Crippen LogP contribution in [0, 0.1) is 0 Å². The molecule has 0 aromatic carbocycles. The van der Waals surface area contributed by atoms with Gasteiger partial charge in [-0.2, -0.15) is 0 Å². The Morgan fingerprint density at radius 1 is 1.16 bits per heavy atom. The standard InChI is InChI=1S/C24H24N6O/c1-29(20-7-2-5-17-6-4-12-26-23(17)20)15-19-16-30-21(27-19)8-3-9-22(30)28-24(31)18-10-13-25-14-11-18/h3-4,6,8-14,16,20H,2,5,7,15H2,1H3,(H,28,31). The maximum atomic E-state index is 12.6. The maximum absolute atomic E-state index is 12.6. The molecule has 31 heavy (non-hydrogen) atoms. The van der Waals surface area contributed by atoms with Gasteiger partial charge < -0.3 is 5.32 Å². The lowest BCUT2D eigenvalue weighted by Gasteiger charge is -2.31. The van der Waals surface area contributed by atoms with Crippen LogP contribution in [0.25, 0.3) is 5.65 Å². The van der Waals surface area contributed by atoms with Crippen molar-refractivity contribution in [2.75, 3.05) is 12.4 Å². The van der Waals surface area contributed by atoms with Crippen LogP contribution >= 0.6 is 0 Å². The number of amides is 1. The van der Waals surface area contributed by atoms with E-state index in [0.29, 0.717) is 24.0 Å². The molecule has 7 heteroatoms. The predicted molar refractivity (Wildman–Crippen MR) is 119 cm³/mol. The van der Waals surface area contributed by atoms with Crippen LogP contribution < -0.4 is 5.32 Å². The van der Waals surface area contributed by atoms with Gasteiger partial charge in [0.25, 0.3) is 5.91 Å². The van der Waals surface area contributed by atoms with Crippen LogP contribution in [-0.4, -0.2) is 37.2 Å². The third-order valence-corrected chi connectivity index (χ3v) is 5.84. The number of aromatic nitrogens is 4. The van der Waals surface area contributed by atoms with Gasteiger partial charge in [0, 0.05) is 36.9 Å². The van der Waals surface area contributed by atoms with Gasteiger partial charge in [-0.25, -0.2) is 4.98 Å². The zero-order valence-corrected chi connectivity index (χ0v) is 17.4. The number of hydrogen-bond acceptors (Lipinski definition) is 5. The zero-order chi connectivity index (χ0) is 21.2. The highest BCUT2D eigenvalue weighted by atomic mass is 16.1. The van der Waals surface area contributed by atoms with Crippen molar-refractivity contribution >= 4 is 17.4 Å². The molecule has 156 valence electrons. The Labute approximate surface area is 180 Å². The number of carbonyl (C=O) groups excluding carboxylic acids is 1. The molecule has 0 saturated heterocycles. The minimum atomic E-state index is -0.174. The molecule has 1 amide bonds. The van der Waals surface area contributed by atoms with Gasteiger partial charge in [-0.1, -0.05) is 12.1 Å². The number of carbonyl (C=O) groups is 1. The second-order valence-corrected chi connectivity index (χ2v) is 7.93. The molecule has 4 aromatic heterocycles. The summed E-state index contributed by atoms with van der Waals surface area (Å²) in [6, 6.07) is 13.6. The molecule has 0 spiro atoms. The van der Waals surface area contributed by atoms with Crippen molar-refractivity contribution in [3.8, 4) is 0 Å². The highest BCUT2D eigenvalue weighted by Gasteiger charge is 2.25. The molecule has 0 bridgehead atoms. The molecule has 5 rings (SSSR count). The summed E-state index contributed by atoms with van der Waals surface area (Å²) in [6.07, 6.45) is 10.5. The van der Waals surface area contributed by atoms with Crippen molar-refractivity contribution in [2.45, 2.75) is 31.8 Å². The van der Waals surface area contributed by atoms with Gasteiger partial charge in [-0.05, 0) is 62.2 Å². The SMILES string of the molecule is CN(Cc1cn2c(NC(=O)c3ccncc3)cccc2n1)C1CCCc2cccnc21. The van der Waals surface area contributed by atoms with Crippen LogP contribution in [0.15, 0.2) is 67.3 Å². The average Bonchev–Trinajstić information content (AvgIpc) is 3.22. The number of fused-ring (bicyclic) bond motifs is 2. The largest absolute Gasteiger partial charge is 0.308 e. The quantitative estimate of drug-likeness (QED) is 0.538. The Morgan fingerprint density at radius 3 is 2.90 bits per heavy atom. The molecule has 4 heterocycles. The molecule has 0 fully saturated rings. The van der Waals surface area contributed by atoms with Crippen LogP contribution in [0.5, 0.6) is 0 Å². The monoisotopic (exact) mass is 412 g/mol. The number of imidazole rings is 1. The van der Waals surface area contributed by atoms with E-state index in [1.165, 1.54) is 17.7 Å². The molecular formula is C24H24N6O. The van der Waals surface area contributed by atoms with Crippen molar-refractivity contribution in [2.24, 2.45) is 0 Å². The molecule has 7 nitrogen and oxygen atoms in total. The highest BCUT2D eigenvalue weighted by Crippen LogP contribution is 2.32. The second kappa shape index (κ2) is 8.28. The Bertz CT molecular complexity index is 1220. The minimum absolute atomic E-state index is 0.174. The number of anilines is 1. The first-order chi connectivity index (χ1) is 15.2. The van der Waals surface area contributed by atoms with Gasteiger partial charge in [0.1, 0.15) is 11.5 Å². The number of rotatable bonds is 5. The molecule has 0 saturated carbocycles. The summed E-state index contributed by atoms with van der Waals surface area (Å²) >= 11 is 0. The first-order valence-corrected chi connectivity index (χ1v) is 10.5. The van der Waals surface area contributed by atoms with E-state index in [2.05, 4.69) is 33.3 Å². The van der Waals surface area contributed by atoms with Gasteiger partial charge in [0.15, 0.2) is 0 Å². The van der Waals surface area contributed by atoms with Crippen molar-refractivity contribution in [1.82, 2.24) is 24.3 Å². The number of hydrogen-bond donors (Lipinski definition) is 1. The molecule has 0 radical (unpaired) electrons. The van der Waals surface area contributed by atoms with Crippen LogP contribution in [-0.2, 0) is 13.0 Å². The van der Waals surface area contributed by atoms with Gasteiger partial charge in [-0.15, -0.1) is 0 Å². The first kappa shape index (κ1) is 19.4. The van der Waals surface area contributed by atoms with E-state index in [1.807, 2.05) is 41.1 Å². The Hall–Kier alpha value is -3.58. The smallest absolute Gasteiger partial charge is 0.256 e. The lowest BCUT2D eigenvalue weighted by molar-refractivity contribution is 0.102. The van der Waals surface area contributed by atoms with E-state index >= 15 is 0 Å². The van der Waals surface area contributed by atoms with E-state index in [-0.39, 0.29) is 5.91 Å². The van der Waals surface area contributed by atoms with E-state index in [1.54, 1.807) is 24.5 Å². The number of aryl methyl sites for hydroxylation is 1. The fraction of sp³-hybridized carbons (Fsp3) is 0.250. The summed E-state index contributed by atoms with van der Waals surface area (Å²) in [5, 5.41) is 2.98. The Balaban J connectivity index is 1.37. The molecule has 1 N–H and O–H groups in total. The van der Waals surface area contributed by atoms with Gasteiger partial charge in [0.05, 0.1) is 17.4 Å². The Kier molecular flexibility index (Phi) is 5.18. The van der Waals surface area contributed by atoms with Crippen LogP contribution in [0.4, 0.5) is 5.82 Å². The zero-order valence-electron chi connectivity index (χ0n) is 17.4. The minimum Gasteiger partial charge on any atom is -0.308 e. The third kappa shape index (κ3) is 3.92. The third-order valence-electron chi connectivity index (χ3n) is 5.84. The van der Waals surface area contributed by atoms with Gasteiger partial charge in [-0.3, -0.25) is 24.1 Å². The molecule has 1 unspecified atom stereocenters. The molecule has 1 aliphatic rings. The topological polar surface area (TPSA) is 75.4 Å². The molecule has 1 atom stereocenters. The van der Waals surface area contributed by atoms with Crippen LogP contribution in [0.1, 0.15) is 46.2 Å². The first-order valence-electron chi connectivity index (χ1n) is 10.5. The predicted octanol–water partition coefficient (Wildman–Crippen LogP) is 3.89. The van der Waals surface area contributed by atoms with Crippen LogP contribution in [0.3, 0.4) is 0 Å². The number of pyridine rings is 3. The summed E-state index contributed by atoms with van der Waals surface area (Å²) in [4.78, 5) is 28.3. The van der Waals surface area contributed by atoms with Crippen molar-refractivity contribution < 1.29 is 4.79 Å². The normalized spacial score (nSPS) is 15.7. The average molecular weight is 412 g/mol. The summed E-state index contributed by atoms with van der Waals surface area (Å²) in [5.74, 6) is 0.512. The lowest BCUT2D eigenvalue weighted by Crippen LogP contribution is -2.28. The van der Waals surface area contributed by atoms with E-state index in [0.717, 1.165) is 24.2 Å². The fourth-order valence-electron chi connectivity index (χ4n) is 4.31. The summed E-state index contributed by atoms with van der Waals surface area (Å²) in [5.41, 5.74) is 4.86. The molecule has 0 aliphatic heterocycles. The molecular weight excluding hydrogens is 388 g/mol. The van der Waals surface area contributed by atoms with Crippen molar-refractivity contribution in [1.29, 1.82) is 0 Å². The van der Waals surface area contributed by atoms with E-state index in [4.69, 9.17) is 4.98 Å². The second-order valence-electron chi connectivity index (χ2n) is 7.93. The Morgan fingerprint density at radius 2 is 2.03 bits per heavy atom. The summed E-state index contributed by atoms with van der Waals surface area (Å²) < 4.78 is 1.93. The van der Waals surface area contributed by atoms with Gasteiger partial charge in [0.2, 0.25) is 0 Å². The maximum Gasteiger partial charge on any atom is 0.256 e. The van der Waals surface area contributed by atoms with E-state index < -0.39 is 0 Å². The molecule has 1 aliphatic carbocycles. The highest BCUT2D eigenvalue weighted by molar-refractivity contribution is 6.03. The van der Waals surface area contributed by atoms with E-state index in [9.17, 15) is 4.79 Å². The van der Waals surface area contributed by atoms with Crippen molar-refractivity contribution in [3.63, 3.8) is 0 Å². The number of nitrogens with zero attached hydrogens (tertiary/aromatic N) is 5. The molecule has 4 aromatic rings.